The van der Waals surface area contributed by atoms with Crippen molar-refractivity contribution in [2.75, 3.05) is 13.6 Å². The molecule has 0 aliphatic rings. The number of aliphatic hydroxyl groups is 1. The van der Waals surface area contributed by atoms with Gasteiger partial charge >= 0.3 is 0 Å². The van der Waals surface area contributed by atoms with Gasteiger partial charge < -0.3 is 5.11 Å². The maximum absolute atomic E-state index is 13.6. The number of hydrogen-bond acceptors (Lipinski definition) is 3. The molecule has 1 aromatic rings. The molecule has 0 unspecified atom stereocenters. The molecule has 17 heavy (non-hydrogen) atoms. The Balaban J connectivity index is 3.16. The zero-order valence-corrected chi connectivity index (χ0v) is 10.7. The lowest BCUT2D eigenvalue weighted by molar-refractivity contribution is 0.281. The smallest absolute Gasteiger partial charge is 0.245 e. The van der Waals surface area contributed by atoms with Crippen LogP contribution in [0.4, 0.5) is 4.39 Å². The molecule has 0 amide bonds. The van der Waals surface area contributed by atoms with Crippen LogP contribution in [0.15, 0.2) is 23.1 Å². The van der Waals surface area contributed by atoms with E-state index >= 15 is 0 Å². The van der Waals surface area contributed by atoms with E-state index < -0.39 is 15.8 Å². The van der Waals surface area contributed by atoms with Crippen molar-refractivity contribution in [1.82, 2.24) is 4.31 Å². The quantitative estimate of drug-likeness (QED) is 0.870. The van der Waals surface area contributed by atoms with Crippen LogP contribution in [0, 0.1) is 5.82 Å². The van der Waals surface area contributed by atoms with Crippen LogP contribution in [0.25, 0.3) is 0 Å². The van der Waals surface area contributed by atoms with Crippen LogP contribution in [0.3, 0.4) is 0 Å². The summed E-state index contributed by atoms with van der Waals surface area (Å²) in [5, 5.41) is 8.82. The summed E-state index contributed by atoms with van der Waals surface area (Å²) in [4.78, 5) is -0.356. The number of aliphatic hydroxyl groups excluding tert-OH is 1. The molecule has 0 atom stereocenters. The molecule has 0 saturated carbocycles. The Bertz CT molecular complexity index is 487. The first-order valence-corrected chi connectivity index (χ1v) is 6.73. The Kier molecular flexibility index (Phi) is 4.62. The second-order valence-electron chi connectivity index (χ2n) is 3.75. The molecule has 4 nitrogen and oxygen atoms in total. The zero-order valence-electron chi connectivity index (χ0n) is 9.85. The minimum absolute atomic E-state index is 0.317. The van der Waals surface area contributed by atoms with E-state index in [1.165, 1.54) is 19.2 Å². The van der Waals surface area contributed by atoms with Gasteiger partial charge in [0.1, 0.15) is 10.7 Å². The van der Waals surface area contributed by atoms with E-state index in [2.05, 4.69) is 0 Å². The van der Waals surface area contributed by atoms with Crippen LogP contribution >= 0.6 is 0 Å². The van der Waals surface area contributed by atoms with Crippen molar-refractivity contribution >= 4 is 10.0 Å². The maximum atomic E-state index is 13.6. The number of halogens is 1. The van der Waals surface area contributed by atoms with Gasteiger partial charge in [0, 0.05) is 13.6 Å². The molecule has 1 rings (SSSR count). The molecule has 0 aromatic heterocycles. The van der Waals surface area contributed by atoms with Gasteiger partial charge in [-0.2, -0.15) is 0 Å². The maximum Gasteiger partial charge on any atom is 0.245 e. The van der Waals surface area contributed by atoms with Crippen molar-refractivity contribution in [2.24, 2.45) is 0 Å². The van der Waals surface area contributed by atoms with Gasteiger partial charge in [-0.25, -0.2) is 17.1 Å². The predicted molar refractivity (Wildman–Crippen MR) is 62.4 cm³/mol. The van der Waals surface area contributed by atoms with Crippen molar-refractivity contribution in [3.8, 4) is 0 Å². The Morgan fingerprint density at radius 1 is 1.41 bits per heavy atom. The first kappa shape index (κ1) is 14.1. The highest BCUT2D eigenvalue weighted by molar-refractivity contribution is 7.89. The molecule has 6 heteroatoms. The Hall–Kier alpha value is -0.980. The van der Waals surface area contributed by atoms with Crippen LogP contribution in [0.1, 0.15) is 18.9 Å². The number of rotatable bonds is 5. The van der Waals surface area contributed by atoms with E-state index in [0.29, 0.717) is 18.5 Å². The molecule has 0 aliphatic carbocycles. The van der Waals surface area contributed by atoms with Gasteiger partial charge in [-0.05, 0) is 24.1 Å². The van der Waals surface area contributed by atoms with Crippen LogP contribution in [0.5, 0.6) is 0 Å². The molecule has 1 N–H and O–H groups in total. The summed E-state index contributed by atoms with van der Waals surface area (Å²) in [7, 11) is -2.37. The summed E-state index contributed by atoms with van der Waals surface area (Å²) < 4.78 is 38.7. The average Bonchev–Trinajstić information content (AvgIpc) is 2.28. The Morgan fingerprint density at radius 2 is 2.06 bits per heavy atom. The molecule has 96 valence electrons. The van der Waals surface area contributed by atoms with Crippen molar-refractivity contribution in [3.63, 3.8) is 0 Å². The Morgan fingerprint density at radius 3 is 2.53 bits per heavy atom. The summed E-state index contributed by atoms with van der Waals surface area (Å²) in [6.45, 7) is 1.86. The fourth-order valence-electron chi connectivity index (χ4n) is 1.45. The highest BCUT2D eigenvalue weighted by Gasteiger charge is 2.23. The van der Waals surface area contributed by atoms with E-state index in [9.17, 15) is 12.8 Å². The lowest BCUT2D eigenvalue weighted by Gasteiger charge is -2.16. The molecule has 0 bridgehead atoms. The molecule has 0 heterocycles. The van der Waals surface area contributed by atoms with E-state index in [-0.39, 0.29) is 11.5 Å². The highest BCUT2D eigenvalue weighted by Crippen LogP contribution is 2.19. The molecule has 1 aromatic carbocycles. The first-order valence-electron chi connectivity index (χ1n) is 5.29. The van der Waals surface area contributed by atoms with Gasteiger partial charge in [0.15, 0.2) is 0 Å². The minimum Gasteiger partial charge on any atom is -0.392 e. The third-order valence-electron chi connectivity index (χ3n) is 2.41. The second-order valence-corrected chi connectivity index (χ2v) is 5.76. The van der Waals surface area contributed by atoms with E-state index in [4.69, 9.17) is 5.11 Å². The fourth-order valence-corrected chi connectivity index (χ4v) is 2.76. The molecule has 0 saturated heterocycles. The van der Waals surface area contributed by atoms with Gasteiger partial charge in [-0.15, -0.1) is 0 Å². The lowest BCUT2D eigenvalue weighted by atomic mass is 10.2. The summed E-state index contributed by atoms with van der Waals surface area (Å²) in [6.07, 6.45) is 0.659. The predicted octanol–water partition coefficient (Wildman–Crippen LogP) is 1.35. The van der Waals surface area contributed by atoms with Gasteiger partial charge in [0.2, 0.25) is 10.0 Å². The van der Waals surface area contributed by atoms with Gasteiger partial charge in [-0.1, -0.05) is 13.0 Å². The van der Waals surface area contributed by atoms with E-state index in [1.54, 1.807) is 0 Å². The average molecular weight is 261 g/mol. The van der Waals surface area contributed by atoms with Crippen LogP contribution in [0.2, 0.25) is 0 Å². The normalized spacial score (nSPS) is 12.1. The third kappa shape index (κ3) is 3.02. The first-order chi connectivity index (χ1) is 7.93. The summed E-state index contributed by atoms with van der Waals surface area (Å²) in [6, 6.07) is 3.62. The van der Waals surface area contributed by atoms with Crippen LogP contribution < -0.4 is 0 Å². The van der Waals surface area contributed by atoms with Crippen molar-refractivity contribution in [3.05, 3.63) is 29.6 Å². The molecule has 0 radical (unpaired) electrons. The number of nitrogens with zero attached hydrogens (tertiary/aromatic N) is 1. The van der Waals surface area contributed by atoms with Crippen molar-refractivity contribution < 1.29 is 17.9 Å². The fraction of sp³-hybridized carbons (Fsp3) is 0.455. The van der Waals surface area contributed by atoms with Crippen LogP contribution in [-0.4, -0.2) is 31.4 Å². The lowest BCUT2D eigenvalue weighted by Crippen LogP contribution is -2.28. The minimum atomic E-state index is -3.78. The SMILES string of the molecule is CCCN(C)S(=O)(=O)c1ccc(CO)cc1F. The van der Waals surface area contributed by atoms with Crippen molar-refractivity contribution in [2.45, 2.75) is 24.8 Å². The number of benzene rings is 1. The van der Waals surface area contributed by atoms with E-state index in [1.807, 2.05) is 6.92 Å². The third-order valence-corrected chi connectivity index (χ3v) is 4.30. The standard InChI is InChI=1S/C11H16FNO3S/c1-3-6-13(2)17(15,16)11-5-4-9(8-14)7-10(11)12/h4-5,7,14H,3,6,8H2,1-2H3. The van der Waals surface area contributed by atoms with E-state index in [0.717, 1.165) is 10.4 Å². The topological polar surface area (TPSA) is 57.6 Å². The molecular weight excluding hydrogens is 245 g/mol. The second kappa shape index (κ2) is 5.57. The zero-order chi connectivity index (χ0) is 13.1. The molecule has 0 fully saturated rings. The molecule has 0 aliphatic heterocycles. The highest BCUT2D eigenvalue weighted by atomic mass is 32.2. The largest absolute Gasteiger partial charge is 0.392 e. The number of sulfonamides is 1. The molecular formula is C11H16FNO3S. The monoisotopic (exact) mass is 261 g/mol. The van der Waals surface area contributed by atoms with Gasteiger partial charge in [0.05, 0.1) is 6.61 Å². The summed E-state index contributed by atoms with van der Waals surface area (Å²) >= 11 is 0. The summed E-state index contributed by atoms with van der Waals surface area (Å²) in [5.74, 6) is -0.834. The van der Waals surface area contributed by atoms with Crippen LogP contribution in [-0.2, 0) is 16.6 Å². The molecule has 0 spiro atoms. The van der Waals surface area contributed by atoms with Gasteiger partial charge in [-0.3, -0.25) is 0 Å². The Labute approximate surface area is 101 Å². The summed E-state index contributed by atoms with van der Waals surface area (Å²) in [5.41, 5.74) is 0.347. The number of hydrogen-bond donors (Lipinski definition) is 1. The van der Waals surface area contributed by atoms with Gasteiger partial charge in [0.25, 0.3) is 0 Å². The van der Waals surface area contributed by atoms with Crippen molar-refractivity contribution in [1.29, 1.82) is 0 Å².